The molecule has 0 aliphatic rings. The van der Waals surface area contributed by atoms with Crippen LogP contribution in [0.2, 0.25) is 17.3 Å². The molecular formula is C43H37GeIrN3S-2. The van der Waals surface area contributed by atoms with Crippen LogP contribution in [0.15, 0.2) is 122 Å². The van der Waals surface area contributed by atoms with E-state index < -0.39 is 19.6 Å². The van der Waals surface area contributed by atoms with Crippen molar-refractivity contribution in [2.24, 2.45) is 0 Å². The quantitative estimate of drug-likeness (QED) is 0.128. The summed E-state index contributed by atoms with van der Waals surface area (Å²) >= 11 is 0.0439. The normalized spacial score (nSPS) is 12.2. The van der Waals surface area contributed by atoms with E-state index in [2.05, 4.69) is 99.8 Å². The van der Waals surface area contributed by atoms with Crippen LogP contribution < -0.4 is 4.40 Å². The van der Waals surface area contributed by atoms with E-state index in [1.807, 2.05) is 49.5 Å². The van der Waals surface area contributed by atoms with E-state index in [1.54, 1.807) is 41.9 Å². The van der Waals surface area contributed by atoms with Crippen LogP contribution in [0.5, 0.6) is 0 Å². The van der Waals surface area contributed by atoms with E-state index in [1.165, 1.54) is 36.2 Å². The van der Waals surface area contributed by atoms with Crippen molar-refractivity contribution in [3.63, 3.8) is 0 Å². The van der Waals surface area contributed by atoms with Gasteiger partial charge in [0.05, 0.1) is 0 Å². The second-order valence-corrected chi connectivity index (χ2v) is 24.7. The molecule has 49 heavy (non-hydrogen) atoms. The Labute approximate surface area is 312 Å². The first-order valence-electron chi connectivity index (χ1n) is 17.1. The van der Waals surface area contributed by atoms with Crippen molar-refractivity contribution < 1.29 is 22.8 Å². The summed E-state index contributed by atoms with van der Waals surface area (Å²) in [5.41, 5.74) is 6.92. The maximum atomic E-state index is 8.83. The fraction of sp³-hybridized carbons (Fsp3) is 0.140. The van der Waals surface area contributed by atoms with E-state index in [9.17, 15) is 0 Å². The summed E-state index contributed by atoms with van der Waals surface area (Å²) in [5.74, 6) is 7.14. The van der Waals surface area contributed by atoms with Crippen LogP contribution in [-0.4, -0.2) is 28.2 Å². The molecule has 0 saturated heterocycles. The molecule has 245 valence electrons. The van der Waals surface area contributed by atoms with Crippen molar-refractivity contribution in [2.45, 2.75) is 37.5 Å². The van der Waals surface area contributed by atoms with Gasteiger partial charge in [0.1, 0.15) is 0 Å². The van der Waals surface area contributed by atoms with Gasteiger partial charge in [-0.05, 0) is 81.7 Å². The van der Waals surface area contributed by atoms with Crippen LogP contribution in [0, 0.1) is 26.0 Å². The minimum Gasteiger partial charge on any atom is 0 e. The average Bonchev–Trinajstić information content (AvgIpc) is 3.52. The molecule has 0 atom stereocenters. The number of thiophene rings is 1. The van der Waals surface area contributed by atoms with Crippen molar-refractivity contribution in [1.29, 1.82) is 0 Å². The Hall–Kier alpha value is -4.00. The van der Waals surface area contributed by atoms with Crippen LogP contribution >= 0.6 is 11.3 Å². The number of rotatable bonds is 5. The van der Waals surface area contributed by atoms with E-state index in [0.717, 1.165) is 32.9 Å². The van der Waals surface area contributed by atoms with Gasteiger partial charge in [-0.15, -0.1) is 23.8 Å². The van der Waals surface area contributed by atoms with Gasteiger partial charge in [0.15, 0.2) is 0 Å². The summed E-state index contributed by atoms with van der Waals surface area (Å²) in [6.07, 6.45) is 3.72. The van der Waals surface area contributed by atoms with Gasteiger partial charge in [0, 0.05) is 45.6 Å². The number of hydrogen-bond acceptors (Lipinski definition) is 4. The largest absolute Gasteiger partial charge is 0 e. The molecule has 0 bridgehead atoms. The minimum atomic E-state index is -1.72. The smallest absolute Gasteiger partial charge is 0 e. The Bertz CT molecular complexity index is 2480. The molecule has 0 aliphatic carbocycles. The first-order chi connectivity index (χ1) is 24.0. The van der Waals surface area contributed by atoms with Gasteiger partial charge in [-0.2, -0.15) is 11.3 Å². The molecule has 1 radical (unpaired) electrons. The molecule has 8 aromatic rings. The Morgan fingerprint density at radius 1 is 0.673 bits per heavy atom. The van der Waals surface area contributed by atoms with Gasteiger partial charge in [-0.3, -0.25) is 4.98 Å². The van der Waals surface area contributed by atoms with Crippen LogP contribution in [0.1, 0.15) is 25.1 Å². The Kier molecular flexibility index (Phi) is 9.77. The molecule has 0 saturated carbocycles. The SMILES string of the molecule is [2H]C([2H])(c1ccnc(C)c1)c1ccnc(-c2[c-]ccc3c2sc2c4cccc(C)c4ccc32)c1.[CH3][Ge]([CH3])([CH3])[c]1ccc(-c2[c-]cccc2)nc1.[Ir]. The molecule has 3 nitrogen and oxygen atoms in total. The average molecular weight is 895 g/mol. The summed E-state index contributed by atoms with van der Waals surface area (Å²) < 4.78 is 21.5. The second-order valence-electron chi connectivity index (χ2n) is 13.0. The summed E-state index contributed by atoms with van der Waals surface area (Å²) in [4.78, 5) is 13.4. The zero-order chi connectivity index (χ0) is 35.0. The Balaban J connectivity index is 0.000000222. The monoisotopic (exact) mass is 896 g/mol. The van der Waals surface area contributed by atoms with Crippen LogP contribution in [-0.2, 0) is 26.5 Å². The summed E-state index contributed by atoms with van der Waals surface area (Å²) in [6.45, 7) is 4.02. The van der Waals surface area contributed by atoms with Crippen LogP contribution in [0.3, 0.4) is 0 Å². The van der Waals surface area contributed by atoms with Gasteiger partial charge in [-0.1, -0.05) is 41.8 Å². The van der Waals surface area contributed by atoms with Gasteiger partial charge in [-0.25, -0.2) is 0 Å². The predicted octanol–water partition coefficient (Wildman–Crippen LogP) is 10.8. The third-order valence-electron chi connectivity index (χ3n) is 8.49. The summed E-state index contributed by atoms with van der Waals surface area (Å²) in [6, 6.07) is 40.9. The van der Waals surface area contributed by atoms with Crippen molar-refractivity contribution >= 4 is 59.9 Å². The maximum Gasteiger partial charge on any atom is 0 e. The molecule has 6 heteroatoms. The number of aryl methyl sites for hydroxylation is 2. The van der Waals surface area contributed by atoms with Crippen LogP contribution in [0.25, 0.3) is 53.5 Å². The van der Waals surface area contributed by atoms with Crippen molar-refractivity contribution in [1.82, 2.24) is 15.0 Å². The van der Waals surface area contributed by atoms with Gasteiger partial charge < -0.3 is 4.98 Å². The first-order valence-corrected chi connectivity index (χ1v) is 24.3. The number of fused-ring (bicyclic) bond motifs is 5. The van der Waals surface area contributed by atoms with Gasteiger partial charge in [0.2, 0.25) is 0 Å². The zero-order valence-corrected chi connectivity index (χ0v) is 33.4. The fourth-order valence-electron chi connectivity index (χ4n) is 5.89. The van der Waals surface area contributed by atoms with Crippen molar-refractivity contribution in [3.8, 4) is 22.5 Å². The third kappa shape index (κ3) is 7.61. The molecule has 0 fully saturated rings. The molecule has 0 aliphatic heterocycles. The topological polar surface area (TPSA) is 38.7 Å². The number of pyridine rings is 3. The predicted molar refractivity (Wildman–Crippen MR) is 207 cm³/mol. The molecule has 0 amide bonds. The molecule has 4 aromatic heterocycles. The van der Waals surface area contributed by atoms with Crippen LogP contribution in [0.4, 0.5) is 0 Å². The van der Waals surface area contributed by atoms with E-state index in [-0.39, 0.29) is 20.1 Å². The number of benzene rings is 4. The summed E-state index contributed by atoms with van der Waals surface area (Å²) in [5, 5.41) is 4.94. The summed E-state index contributed by atoms with van der Waals surface area (Å²) in [7, 11) is 0. The van der Waals surface area contributed by atoms with Crippen molar-refractivity contribution in [2.75, 3.05) is 0 Å². The molecule has 4 aromatic carbocycles. The molecule has 0 unspecified atom stereocenters. The maximum absolute atomic E-state index is 8.83. The Morgan fingerprint density at radius 2 is 1.43 bits per heavy atom. The minimum absolute atomic E-state index is 0. The molecule has 0 spiro atoms. The number of aromatic nitrogens is 3. The van der Waals surface area contributed by atoms with Gasteiger partial charge in [0.25, 0.3) is 0 Å². The first kappa shape index (κ1) is 32.2. The number of nitrogens with zero attached hydrogens (tertiary/aromatic N) is 3. The second kappa shape index (κ2) is 14.9. The molecule has 8 rings (SSSR count). The Morgan fingerprint density at radius 3 is 2.16 bits per heavy atom. The fourth-order valence-corrected chi connectivity index (χ4v) is 9.39. The molecular weight excluding hydrogens is 855 g/mol. The van der Waals surface area contributed by atoms with Crippen molar-refractivity contribution in [3.05, 3.63) is 156 Å². The van der Waals surface area contributed by atoms with E-state index in [4.69, 9.17) is 2.74 Å². The third-order valence-corrected chi connectivity index (χ3v) is 14.0. The zero-order valence-electron chi connectivity index (χ0n) is 30.1. The van der Waals surface area contributed by atoms with E-state index in [0.29, 0.717) is 11.1 Å². The molecule has 0 N–H and O–H groups in total. The van der Waals surface area contributed by atoms with Gasteiger partial charge >= 0.3 is 99.8 Å². The number of hydrogen-bond donors (Lipinski definition) is 0. The molecule has 4 heterocycles. The van der Waals surface area contributed by atoms with E-state index >= 15 is 0 Å². The standard InChI is InChI=1S/C29H21N2S.C14H16GeN.Ir/c1-18-5-3-6-23-22(18)9-10-25-24-7-4-8-26(29(24)32-28(23)25)27-17-21(12-14-31-27)16-20-11-13-30-19(2)15-20;1-15(2,3)13-9-10-14(16-11-13)12-7-5-4-6-8-12;/h3-7,9-15,17H,16H2,1-2H3;4-7,9-11H,1-3H3;/q2*-1;/i16D2;;.